The van der Waals surface area contributed by atoms with E-state index in [4.69, 9.17) is 47.4 Å². The van der Waals surface area contributed by atoms with Crippen LogP contribution in [0.25, 0.3) is 11.4 Å². The van der Waals surface area contributed by atoms with Gasteiger partial charge in [-0.05, 0) is 79.7 Å². The number of para-hydroxylation sites is 2. The highest BCUT2D eigenvalue weighted by Crippen LogP contribution is 2.39. The molecule has 0 bridgehead atoms. The van der Waals surface area contributed by atoms with Gasteiger partial charge in [0.25, 0.3) is 0 Å². The van der Waals surface area contributed by atoms with Crippen LogP contribution in [0.5, 0.6) is 23.0 Å². The van der Waals surface area contributed by atoms with Crippen molar-refractivity contribution in [2.75, 3.05) is 68.1 Å². The fraction of sp³-hybridized carbons (Fsp3) is 0.538. The van der Waals surface area contributed by atoms with Crippen molar-refractivity contribution in [2.24, 2.45) is 0 Å². The number of methoxy groups -OCH3 is 4. The maximum atomic E-state index is 13.9. The molecule has 2 aliphatic rings. The Labute approximate surface area is 455 Å². The first-order valence-corrected chi connectivity index (χ1v) is 28.8. The molecule has 0 amide bonds. The quantitative estimate of drug-likeness (QED) is 0.0767. The lowest BCUT2D eigenvalue weighted by Gasteiger charge is -2.26. The third-order valence-corrected chi connectivity index (χ3v) is 16.7. The zero-order valence-corrected chi connectivity index (χ0v) is 47.7. The summed E-state index contributed by atoms with van der Waals surface area (Å²) in [5.41, 5.74) is 3.25. The zero-order chi connectivity index (χ0) is 56.3. The Kier molecular flexibility index (Phi) is 20.3. The Morgan fingerprint density at radius 2 is 0.885 bits per heavy atom. The SMILES string of the molecule is COc1cccc(OC)c1-n1c(CS(=O)(=O)[C@@H](C)[C@@H](OC(C)C)c2cnc(C)cn2)nnc1[C@@H]1COCCO1.COc1cccc(OC)c1-n1c(CS(=O)(=O)[C@@H](C)[C@@H](OC(C)C)c2cnc(C)cn2)nnc1[C@H]1COCCO1. The van der Waals surface area contributed by atoms with Gasteiger partial charge in [-0.3, -0.25) is 29.1 Å². The molecule has 0 spiro atoms. The number of aryl methyl sites for hydroxylation is 2. The van der Waals surface area contributed by atoms with Crippen LogP contribution in [-0.4, -0.2) is 157 Å². The van der Waals surface area contributed by atoms with Crippen molar-refractivity contribution in [3.05, 3.63) is 107 Å². The third kappa shape index (κ3) is 13.9. The van der Waals surface area contributed by atoms with Gasteiger partial charge in [-0.1, -0.05) is 12.1 Å². The number of sulfone groups is 2. The number of hydrogen-bond acceptors (Lipinski definition) is 22. The first-order valence-electron chi connectivity index (χ1n) is 25.3. The summed E-state index contributed by atoms with van der Waals surface area (Å²) in [6.07, 6.45) is 3.00. The molecule has 2 aromatic carbocycles. The lowest BCUT2D eigenvalue weighted by atomic mass is 10.2. The van der Waals surface area contributed by atoms with Crippen molar-refractivity contribution in [1.82, 2.24) is 49.5 Å². The summed E-state index contributed by atoms with van der Waals surface area (Å²) < 4.78 is 116. The molecule has 2 fully saturated rings. The van der Waals surface area contributed by atoms with E-state index < -0.39 is 66.1 Å². The number of ether oxygens (including phenoxy) is 10. The monoisotopic (exact) mass is 1120 g/mol. The molecule has 2 aliphatic heterocycles. The molecule has 24 nitrogen and oxygen atoms in total. The highest BCUT2D eigenvalue weighted by atomic mass is 32.2. The van der Waals surface area contributed by atoms with Crippen molar-refractivity contribution in [1.29, 1.82) is 0 Å². The standard InChI is InChI=1S/2C26H35N5O7S/c2*1-16(2)38-25(19-13-27-17(3)12-28-19)18(4)39(32,33)15-23-29-30-26(22-14-36-10-11-37-22)31(23)24-20(34-5)8-7-9-21(24)35-6/h2*7-9,12-13,16,18,22,25H,10-11,14-15H2,1-6H3/t18-,22+,25+;18-,22-,25+/m00/s1. The lowest BCUT2D eigenvalue weighted by Crippen LogP contribution is -2.32. The summed E-state index contributed by atoms with van der Waals surface area (Å²) in [5, 5.41) is 15.4. The third-order valence-electron chi connectivity index (χ3n) is 12.6. The van der Waals surface area contributed by atoms with Crippen LogP contribution < -0.4 is 18.9 Å². The van der Waals surface area contributed by atoms with Crippen molar-refractivity contribution in [3.8, 4) is 34.4 Å². The normalized spacial score (nSPS) is 17.7. The lowest BCUT2D eigenvalue weighted by molar-refractivity contribution is -0.0942. The highest BCUT2D eigenvalue weighted by Gasteiger charge is 2.39. The molecule has 0 N–H and O–H groups in total. The molecule has 6 atom stereocenters. The molecule has 78 heavy (non-hydrogen) atoms. The summed E-state index contributed by atoms with van der Waals surface area (Å²) in [7, 11) is -1.65. The molecule has 4 aromatic heterocycles. The Morgan fingerprint density at radius 3 is 1.17 bits per heavy atom. The van der Waals surface area contributed by atoms with Crippen LogP contribution in [0.15, 0.2) is 61.2 Å². The molecular formula is C52H70N10O14S2. The Bertz CT molecular complexity index is 2880. The topological polar surface area (TPSA) is 274 Å². The van der Waals surface area contributed by atoms with Gasteiger partial charge in [-0.25, -0.2) is 16.8 Å². The van der Waals surface area contributed by atoms with Crippen LogP contribution in [0.2, 0.25) is 0 Å². The van der Waals surface area contributed by atoms with E-state index in [0.29, 0.717) is 83.8 Å². The van der Waals surface area contributed by atoms with Crippen molar-refractivity contribution in [3.63, 3.8) is 0 Å². The van der Waals surface area contributed by atoms with Gasteiger partial charge in [0, 0.05) is 12.4 Å². The number of aromatic nitrogens is 10. The fourth-order valence-corrected chi connectivity index (χ4v) is 11.4. The smallest absolute Gasteiger partial charge is 0.169 e. The molecule has 6 aromatic rings. The summed E-state index contributed by atoms with van der Waals surface area (Å²) >= 11 is 0. The molecule has 26 heteroatoms. The minimum Gasteiger partial charge on any atom is -0.494 e. The molecule has 8 rings (SSSR count). The first kappa shape index (κ1) is 59.4. The van der Waals surface area contributed by atoms with E-state index in [1.807, 2.05) is 41.5 Å². The second-order valence-electron chi connectivity index (χ2n) is 18.9. The van der Waals surface area contributed by atoms with Gasteiger partial charge in [0.05, 0.1) is 126 Å². The van der Waals surface area contributed by atoms with E-state index in [1.165, 1.54) is 28.4 Å². The average molecular weight is 1120 g/mol. The summed E-state index contributed by atoms with van der Waals surface area (Å²) in [6.45, 7) is 16.4. The molecule has 2 saturated heterocycles. The Hall–Kier alpha value is -6.26. The number of rotatable bonds is 22. The van der Waals surface area contributed by atoms with Crippen molar-refractivity contribution in [2.45, 2.75) is 114 Å². The maximum absolute atomic E-state index is 13.9. The van der Waals surface area contributed by atoms with E-state index in [9.17, 15) is 16.8 Å². The van der Waals surface area contributed by atoms with Gasteiger partial charge in [0.1, 0.15) is 70.3 Å². The minimum absolute atomic E-state index is 0.173. The van der Waals surface area contributed by atoms with Crippen molar-refractivity contribution < 1.29 is 64.2 Å². The van der Waals surface area contributed by atoms with Crippen LogP contribution in [-0.2, 0) is 59.6 Å². The second-order valence-corrected chi connectivity index (χ2v) is 23.6. The van der Waals surface area contributed by atoms with Gasteiger partial charge < -0.3 is 47.4 Å². The van der Waals surface area contributed by atoms with Crippen molar-refractivity contribution >= 4 is 19.7 Å². The van der Waals surface area contributed by atoms with Gasteiger partial charge in [-0.15, -0.1) is 20.4 Å². The van der Waals surface area contributed by atoms with E-state index >= 15 is 0 Å². The number of benzene rings is 2. The van der Waals surface area contributed by atoms with Crippen LogP contribution >= 0.6 is 0 Å². The van der Waals surface area contributed by atoms with Gasteiger partial charge in [0.15, 0.2) is 43.0 Å². The van der Waals surface area contributed by atoms with E-state index in [2.05, 4.69) is 40.3 Å². The van der Waals surface area contributed by atoms with Crippen LogP contribution in [0.3, 0.4) is 0 Å². The number of hydrogen-bond donors (Lipinski definition) is 0. The van der Waals surface area contributed by atoms with Crippen LogP contribution in [0.4, 0.5) is 0 Å². The molecular weight excluding hydrogens is 1050 g/mol. The molecule has 0 radical (unpaired) electrons. The largest absolute Gasteiger partial charge is 0.494 e. The molecule has 0 unspecified atom stereocenters. The molecule has 0 aliphatic carbocycles. The zero-order valence-electron chi connectivity index (χ0n) is 46.1. The van der Waals surface area contributed by atoms with Gasteiger partial charge in [0.2, 0.25) is 0 Å². The number of nitrogens with zero attached hydrogens (tertiary/aromatic N) is 10. The Morgan fingerprint density at radius 1 is 0.526 bits per heavy atom. The first-order chi connectivity index (χ1) is 37.3. The fourth-order valence-electron chi connectivity index (χ4n) is 8.66. The predicted octanol–water partition coefficient (Wildman–Crippen LogP) is 5.88. The molecule has 0 saturated carbocycles. The minimum atomic E-state index is -3.87. The van der Waals surface area contributed by atoms with E-state index in [-0.39, 0.29) is 37.1 Å². The van der Waals surface area contributed by atoms with E-state index in [0.717, 1.165) is 11.4 Å². The molecule has 424 valence electrons. The van der Waals surface area contributed by atoms with Gasteiger partial charge >= 0.3 is 0 Å². The van der Waals surface area contributed by atoms with E-state index in [1.54, 1.807) is 84.2 Å². The van der Waals surface area contributed by atoms with Gasteiger partial charge in [-0.2, -0.15) is 0 Å². The van der Waals surface area contributed by atoms with Crippen LogP contribution in [0, 0.1) is 13.8 Å². The highest BCUT2D eigenvalue weighted by molar-refractivity contribution is 7.91. The summed E-state index contributed by atoms with van der Waals surface area (Å²) in [5.74, 6) is 2.05. The summed E-state index contributed by atoms with van der Waals surface area (Å²) in [4.78, 5) is 17.4. The maximum Gasteiger partial charge on any atom is 0.169 e. The second kappa shape index (κ2) is 26.6. The summed E-state index contributed by atoms with van der Waals surface area (Å²) in [6, 6.07) is 10.6. The van der Waals surface area contributed by atoms with Crippen LogP contribution in [0.1, 0.15) is 112 Å². The predicted molar refractivity (Wildman–Crippen MR) is 284 cm³/mol. The average Bonchev–Trinajstić information content (AvgIpc) is 4.04. The Balaban J connectivity index is 0.000000226. The molecule has 6 heterocycles.